The van der Waals surface area contributed by atoms with Gasteiger partial charge in [-0.2, -0.15) is 0 Å². The predicted molar refractivity (Wildman–Crippen MR) is 84.3 cm³/mol. The zero-order valence-corrected chi connectivity index (χ0v) is 12.7. The molecule has 0 spiro atoms. The van der Waals surface area contributed by atoms with Crippen LogP contribution in [0.25, 0.3) is 0 Å². The quantitative estimate of drug-likeness (QED) is 0.899. The first kappa shape index (κ1) is 14.2. The zero-order valence-electron chi connectivity index (χ0n) is 12.7. The van der Waals surface area contributed by atoms with Crippen molar-refractivity contribution in [2.24, 2.45) is 0 Å². The van der Waals surface area contributed by atoms with Crippen LogP contribution in [0.5, 0.6) is 0 Å². The summed E-state index contributed by atoms with van der Waals surface area (Å²) in [5.74, 6) is 0. The van der Waals surface area contributed by atoms with Crippen molar-refractivity contribution < 1.29 is 0 Å². The van der Waals surface area contributed by atoms with Gasteiger partial charge in [-0.15, -0.1) is 0 Å². The van der Waals surface area contributed by atoms with E-state index in [1.807, 2.05) is 0 Å². The molecule has 106 valence electrons. The Labute approximate surface area is 117 Å². The molecule has 2 rings (SSSR count). The minimum Gasteiger partial charge on any atom is -0.378 e. The molecule has 3 nitrogen and oxygen atoms in total. The lowest BCUT2D eigenvalue weighted by atomic mass is 9.97. The Hall–Kier alpha value is -1.22. The van der Waals surface area contributed by atoms with Crippen LogP contribution < -0.4 is 15.1 Å². The third kappa shape index (κ3) is 3.41. The van der Waals surface area contributed by atoms with Gasteiger partial charge in [-0.05, 0) is 44.5 Å². The third-order valence-electron chi connectivity index (χ3n) is 4.05. The van der Waals surface area contributed by atoms with E-state index in [-0.39, 0.29) is 0 Å². The van der Waals surface area contributed by atoms with E-state index >= 15 is 0 Å². The number of hydrogen-bond donors (Lipinski definition) is 1. The normalized spacial score (nSPS) is 23.5. The number of anilines is 2. The number of rotatable bonds is 4. The first-order chi connectivity index (χ1) is 9.11. The molecule has 0 saturated carbocycles. The molecule has 0 amide bonds. The fourth-order valence-corrected chi connectivity index (χ4v) is 2.98. The molecule has 2 unspecified atom stereocenters. The molecule has 1 aromatic rings. The number of hydrogen-bond acceptors (Lipinski definition) is 3. The lowest BCUT2D eigenvalue weighted by Crippen LogP contribution is -2.47. The van der Waals surface area contributed by atoms with Crippen molar-refractivity contribution in [1.82, 2.24) is 5.32 Å². The first-order valence-corrected chi connectivity index (χ1v) is 7.39. The molecule has 1 saturated heterocycles. The van der Waals surface area contributed by atoms with Crippen molar-refractivity contribution in [2.45, 2.75) is 38.8 Å². The Morgan fingerprint density at radius 3 is 2.79 bits per heavy atom. The maximum Gasteiger partial charge on any atom is 0.0389 e. The van der Waals surface area contributed by atoms with Gasteiger partial charge in [-0.1, -0.05) is 13.0 Å². The van der Waals surface area contributed by atoms with Crippen molar-refractivity contribution in [3.8, 4) is 0 Å². The average Bonchev–Trinajstić information content (AvgIpc) is 2.39. The van der Waals surface area contributed by atoms with Crippen molar-refractivity contribution in [1.29, 1.82) is 0 Å². The Morgan fingerprint density at radius 2 is 2.16 bits per heavy atom. The van der Waals surface area contributed by atoms with Gasteiger partial charge >= 0.3 is 0 Å². The molecular weight excluding hydrogens is 234 g/mol. The fraction of sp³-hybridized carbons (Fsp3) is 0.625. The minimum absolute atomic E-state index is 0.607. The van der Waals surface area contributed by atoms with Crippen LogP contribution in [0.15, 0.2) is 24.3 Å². The van der Waals surface area contributed by atoms with E-state index in [1.165, 1.54) is 24.2 Å². The molecule has 1 heterocycles. The van der Waals surface area contributed by atoms with E-state index < -0.39 is 0 Å². The van der Waals surface area contributed by atoms with Crippen LogP contribution in [0.4, 0.5) is 11.4 Å². The van der Waals surface area contributed by atoms with Gasteiger partial charge in [0.15, 0.2) is 0 Å². The molecule has 1 aromatic carbocycles. The number of piperidine rings is 1. The smallest absolute Gasteiger partial charge is 0.0389 e. The Balaban J connectivity index is 2.08. The van der Waals surface area contributed by atoms with E-state index in [0.29, 0.717) is 12.1 Å². The molecule has 0 aromatic heterocycles. The lowest BCUT2D eigenvalue weighted by molar-refractivity contribution is 0.374. The standard InChI is InChI=1S/C16H27N3/c1-5-17-14-9-10-19(13(2)11-14)16-8-6-7-15(12-16)18(3)4/h6-8,12-14,17H,5,9-11H2,1-4H3. The molecule has 0 aliphatic carbocycles. The fourth-order valence-electron chi connectivity index (χ4n) is 2.98. The first-order valence-electron chi connectivity index (χ1n) is 7.39. The number of nitrogens with zero attached hydrogens (tertiary/aromatic N) is 2. The van der Waals surface area contributed by atoms with E-state index in [1.54, 1.807) is 0 Å². The van der Waals surface area contributed by atoms with Crippen LogP contribution in [-0.2, 0) is 0 Å². The van der Waals surface area contributed by atoms with Crippen LogP contribution in [0.1, 0.15) is 26.7 Å². The summed E-state index contributed by atoms with van der Waals surface area (Å²) < 4.78 is 0. The monoisotopic (exact) mass is 261 g/mol. The van der Waals surface area contributed by atoms with Crippen molar-refractivity contribution in [2.75, 3.05) is 37.0 Å². The summed E-state index contributed by atoms with van der Waals surface area (Å²) in [6.07, 6.45) is 2.48. The molecule has 1 fully saturated rings. The second-order valence-corrected chi connectivity index (χ2v) is 5.74. The van der Waals surface area contributed by atoms with Gasteiger partial charge in [-0.25, -0.2) is 0 Å². The van der Waals surface area contributed by atoms with Crippen LogP contribution in [0.3, 0.4) is 0 Å². The SMILES string of the molecule is CCNC1CCN(c2cccc(N(C)C)c2)C(C)C1. The highest BCUT2D eigenvalue weighted by Gasteiger charge is 2.25. The van der Waals surface area contributed by atoms with E-state index in [2.05, 4.69) is 67.3 Å². The zero-order chi connectivity index (χ0) is 13.8. The molecule has 1 N–H and O–H groups in total. The summed E-state index contributed by atoms with van der Waals surface area (Å²) in [6, 6.07) is 10.2. The highest BCUT2D eigenvalue weighted by Crippen LogP contribution is 2.27. The largest absolute Gasteiger partial charge is 0.378 e. The molecule has 1 aliphatic heterocycles. The third-order valence-corrected chi connectivity index (χ3v) is 4.05. The summed E-state index contributed by atoms with van der Waals surface area (Å²) >= 11 is 0. The van der Waals surface area contributed by atoms with Crippen LogP contribution in [0.2, 0.25) is 0 Å². The van der Waals surface area contributed by atoms with Crippen LogP contribution >= 0.6 is 0 Å². The maximum atomic E-state index is 3.58. The molecule has 0 radical (unpaired) electrons. The summed E-state index contributed by atoms with van der Waals surface area (Å²) in [7, 11) is 4.19. The molecular formula is C16H27N3. The van der Waals surface area contributed by atoms with Gasteiger partial charge in [0.1, 0.15) is 0 Å². The number of benzene rings is 1. The second kappa shape index (κ2) is 6.29. The predicted octanol–water partition coefficient (Wildman–Crippen LogP) is 2.72. The summed E-state index contributed by atoms with van der Waals surface area (Å²) in [4.78, 5) is 4.71. The second-order valence-electron chi connectivity index (χ2n) is 5.74. The maximum absolute atomic E-state index is 3.58. The van der Waals surface area contributed by atoms with Crippen molar-refractivity contribution in [3.63, 3.8) is 0 Å². The Kier molecular flexibility index (Phi) is 4.70. The van der Waals surface area contributed by atoms with Crippen LogP contribution in [-0.4, -0.2) is 39.3 Å². The van der Waals surface area contributed by atoms with Crippen molar-refractivity contribution in [3.05, 3.63) is 24.3 Å². The summed E-state index contributed by atoms with van der Waals surface area (Å²) in [6.45, 7) is 6.76. The highest BCUT2D eigenvalue weighted by atomic mass is 15.2. The minimum atomic E-state index is 0.607. The van der Waals surface area contributed by atoms with Gasteiger partial charge < -0.3 is 15.1 Å². The molecule has 2 atom stereocenters. The van der Waals surface area contributed by atoms with E-state index in [4.69, 9.17) is 0 Å². The average molecular weight is 261 g/mol. The highest BCUT2D eigenvalue weighted by molar-refractivity contribution is 5.59. The van der Waals surface area contributed by atoms with Crippen molar-refractivity contribution >= 4 is 11.4 Å². The number of nitrogens with one attached hydrogen (secondary N) is 1. The van der Waals surface area contributed by atoms with Gasteiger partial charge in [0.25, 0.3) is 0 Å². The van der Waals surface area contributed by atoms with Crippen LogP contribution in [0, 0.1) is 0 Å². The molecule has 3 heteroatoms. The molecule has 1 aliphatic rings. The van der Waals surface area contributed by atoms with Gasteiger partial charge in [0.05, 0.1) is 0 Å². The Bertz CT molecular complexity index is 403. The Morgan fingerprint density at radius 1 is 1.37 bits per heavy atom. The summed E-state index contributed by atoms with van der Waals surface area (Å²) in [5.41, 5.74) is 2.63. The topological polar surface area (TPSA) is 18.5 Å². The summed E-state index contributed by atoms with van der Waals surface area (Å²) in [5, 5.41) is 3.58. The molecule has 0 bridgehead atoms. The van der Waals surface area contributed by atoms with Gasteiger partial charge in [0.2, 0.25) is 0 Å². The molecule has 19 heavy (non-hydrogen) atoms. The van der Waals surface area contributed by atoms with Gasteiger partial charge in [-0.3, -0.25) is 0 Å². The van der Waals surface area contributed by atoms with Gasteiger partial charge in [0, 0.05) is 44.1 Å². The lowest BCUT2D eigenvalue weighted by Gasteiger charge is -2.40. The van der Waals surface area contributed by atoms with E-state index in [0.717, 1.165) is 13.1 Å². The van der Waals surface area contributed by atoms with E-state index in [9.17, 15) is 0 Å².